The zero-order valence-electron chi connectivity index (χ0n) is 41.0. The summed E-state index contributed by atoms with van der Waals surface area (Å²) in [7, 11) is 3.69. The van der Waals surface area contributed by atoms with Crippen LogP contribution in [0.1, 0.15) is 86.1 Å². The van der Waals surface area contributed by atoms with E-state index in [1.807, 2.05) is 65.4 Å². The number of carbonyl (C=O) groups is 7. The number of hydrogen-bond acceptors (Lipinski definition) is 10. The second-order valence-corrected chi connectivity index (χ2v) is 18.6. The number of para-hydroxylation sites is 2. The summed E-state index contributed by atoms with van der Waals surface area (Å²) in [6, 6.07) is 8.87. The van der Waals surface area contributed by atoms with E-state index in [4.69, 9.17) is 15.7 Å². The number of carboxylic acids is 1. The van der Waals surface area contributed by atoms with Gasteiger partial charge in [0.05, 0.1) is 11.6 Å². The van der Waals surface area contributed by atoms with E-state index in [1.165, 1.54) is 21.0 Å². The molecule has 0 bridgehead atoms. The van der Waals surface area contributed by atoms with Crippen molar-refractivity contribution >= 4 is 52.4 Å². The predicted molar refractivity (Wildman–Crippen MR) is 251 cm³/mol. The van der Waals surface area contributed by atoms with Crippen molar-refractivity contribution in [3.63, 3.8) is 0 Å². The molecule has 378 valence electrons. The Morgan fingerprint density at radius 3 is 1.74 bits per heavy atom. The smallest absolute Gasteiger partial charge is 0.412 e. The van der Waals surface area contributed by atoms with Gasteiger partial charge in [-0.3, -0.25) is 24.0 Å². The zero-order valence-corrected chi connectivity index (χ0v) is 41.0. The Morgan fingerprint density at radius 1 is 0.739 bits per heavy atom. The molecule has 1 aromatic heterocycles. The topological polar surface area (TPSA) is 237 Å². The molecule has 5 amide bonds. The molecule has 0 saturated carbocycles. The monoisotopic (exact) mass is 968 g/mol. The van der Waals surface area contributed by atoms with Gasteiger partial charge in [-0.2, -0.15) is 18.4 Å². The van der Waals surface area contributed by atoms with Crippen LogP contribution in [0.4, 0.5) is 13.2 Å². The van der Waals surface area contributed by atoms with Crippen LogP contribution in [0.5, 0.6) is 0 Å². The highest BCUT2D eigenvalue weighted by Crippen LogP contribution is 2.28. The maximum absolute atomic E-state index is 15.0. The van der Waals surface area contributed by atoms with Crippen LogP contribution in [0.25, 0.3) is 16.6 Å². The summed E-state index contributed by atoms with van der Waals surface area (Å²) in [5, 5.41) is 24.7. The van der Waals surface area contributed by atoms with Crippen molar-refractivity contribution < 1.29 is 56.6 Å². The van der Waals surface area contributed by atoms with Crippen LogP contribution in [-0.2, 0) is 44.7 Å². The van der Waals surface area contributed by atoms with Gasteiger partial charge in [-0.05, 0) is 67.7 Å². The molecule has 0 aliphatic carbocycles. The summed E-state index contributed by atoms with van der Waals surface area (Å²) in [6.07, 6.45) is -5.52. The standard InChI is InChI=1S/C49H67F3N8O9/c1-28(2)23-35(44(63)57(8)31(7)48(68)69-40(47(66)67)21-16-22-53)55-43(62)39(26-32-27-60(33-17-12-11-13-18-33)37-20-15-14-19-34(32)37)58(9)45(64)36(24-29(3)4)56-42(61)38(25-30(5)6)59(10)46(65)41(54)49(50,51)52/h11-15,17-20,27-31,35-36,38-41H,16,21,23-26,54H2,1-10H3,(H,55,62)(H,56,61)(H,66,67)/t31-,35-,36-,38-,39-,40+,41+/m0/s1. The fourth-order valence-corrected chi connectivity index (χ4v) is 7.81. The predicted octanol–water partition coefficient (Wildman–Crippen LogP) is 4.97. The molecule has 69 heavy (non-hydrogen) atoms. The van der Waals surface area contributed by atoms with Gasteiger partial charge in [0.2, 0.25) is 29.5 Å². The lowest BCUT2D eigenvalue weighted by Crippen LogP contribution is -2.61. The van der Waals surface area contributed by atoms with Crippen molar-refractivity contribution in [2.24, 2.45) is 23.5 Å². The summed E-state index contributed by atoms with van der Waals surface area (Å²) in [5.41, 5.74) is 7.47. The second kappa shape index (κ2) is 25.2. The third-order valence-electron chi connectivity index (χ3n) is 11.8. The van der Waals surface area contributed by atoms with Gasteiger partial charge in [0, 0.05) is 57.7 Å². The molecule has 17 nitrogen and oxygen atoms in total. The molecule has 3 rings (SSSR count). The van der Waals surface area contributed by atoms with Gasteiger partial charge in [0.25, 0.3) is 0 Å². The number of halogens is 3. The normalized spacial score (nSPS) is 14.7. The maximum Gasteiger partial charge on any atom is 0.412 e. The van der Waals surface area contributed by atoms with Crippen LogP contribution < -0.4 is 16.4 Å². The van der Waals surface area contributed by atoms with E-state index in [2.05, 4.69) is 10.6 Å². The number of rotatable bonds is 24. The Morgan fingerprint density at radius 2 is 1.23 bits per heavy atom. The van der Waals surface area contributed by atoms with Gasteiger partial charge in [-0.25, -0.2) is 9.59 Å². The van der Waals surface area contributed by atoms with Crippen molar-refractivity contribution in [2.45, 2.75) is 136 Å². The lowest BCUT2D eigenvalue weighted by Gasteiger charge is -2.35. The number of nitriles is 1. The summed E-state index contributed by atoms with van der Waals surface area (Å²) >= 11 is 0. The van der Waals surface area contributed by atoms with Crippen LogP contribution in [0, 0.1) is 29.1 Å². The van der Waals surface area contributed by atoms with Gasteiger partial charge in [-0.1, -0.05) is 77.9 Å². The molecule has 0 spiro atoms. The van der Waals surface area contributed by atoms with Crippen LogP contribution >= 0.6 is 0 Å². The molecule has 0 aliphatic rings. The number of esters is 1. The molecule has 3 aromatic rings. The first kappa shape index (κ1) is 56.8. The number of amides is 5. The number of carboxylic acid groups (broad SMARTS) is 1. The van der Waals surface area contributed by atoms with Crippen molar-refractivity contribution in [2.75, 3.05) is 21.1 Å². The average molecular weight is 969 g/mol. The van der Waals surface area contributed by atoms with E-state index >= 15 is 0 Å². The summed E-state index contributed by atoms with van der Waals surface area (Å²) in [5.74, 6) is -8.01. The number of nitrogens with zero attached hydrogens (tertiary/aromatic N) is 5. The van der Waals surface area contributed by atoms with Crippen LogP contribution in [-0.4, -0.2) is 136 Å². The van der Waals surface area contributed by atoms with Gasteiger partial charge >= 0.3 is 18.1 Å². The molecule has 7 atom stereocenters. The van der Waals surface area contributed by atoms with E-state index in [1.54, 1.807) is 47.6 Å². The lowest BCUT2D eigenvalue weighted by molar-refractivity contribution is -0.172. The number of benzene rings is 2. The van der Waals surface area contributed by atoms with Crippen LogP contribution in [0.2, 0.25) is 0 Å². The molecule has 0 unspecified atom stereocenters. The summed E-state index contributed by atoms with van der Waals surface area (Å²) < 4.78 is 47.8. The quantitative estimate of drug-likeness (QED) is 0.0875. The molecular formula is C49H67F3N8O9. The number of nitrogens with two attached hydrogens (primary N) is 1. The van der Waals surface area contributed by atoms with E-state index < -0.39 is 90.0 Å². The first-order chi connectivity index (χ1) is 32.2. The van der Waals surface area contributed by atoms with Gasteiger partial charge in [0.15, 0.2) is 12.1 Å². The number of aliphatic carboxylic acids is 1. The number of alkyl halides is 3. The molecule has 20 heteroatoms. The SMILES string of the molecule is CC(C)C[C@H](NC(=O)[C@H](Cc1cn(-c2ccccc2)c2ccccc12)N(C)C(=O)[C@H](CC(C)C)NC(=O)[C@H](CC(C)C)N(C)C(=O)[C@@H](N)C(F)(F)F)C(=O)N(C)[C@@H](C)C(=O)O[C@H](CCC#N)C(=O)O. The molecule has 0 saturated heterocycles. The number of fused-ring (bicyclic) bond motifs is 1. The highest BCUT2D eigenvalue weighted by atomic mass is 19.4. The fraction of sp³-hybridized carbons (Fsp3) is 0.551. The first-order valence-corrected chi connectivity index (χ1v) is 22.9. The number of aromatic nitrogens is 1. The van der Waals surface area contributed by atoms with Gasteiger partial charge < -0.3 is 45.5 Å². The molecular weight excluding hydrogens is 902 g/mol. The number of carbonyl (C=O) groups excluding carboxylic acids is 6. The number of hydrogen-bond donors (Lipinski definition) is 4. The minimum Gasteiger partial charge on any atom is -0.479 e. The van der Waals surface area contributed by atoms with E-state index in [0.29, 0.717) is 10.5 Å². The highest BCUT2D eigenvalue weighted by Gasteiger charge is 2.46. The Hall–Kier alpha value is -6.49. The third kappa shape index (κ3) is 15.5. The first-order valence-electron chi connectivity index (χ1n) is 22.9. The zero-order chi connectivity index (χ0) is 52.1. The van der Waals surface area contributed by atoms with Crippen LogP contribution in [0.15, 0.2) is 60.8 Å². The average Bonchev–Trinajstić information content (AvgIpc) is 3.66. The molecule has 0 radical (unpaired) electrons. The van der Waals surface area contributed by atoms with Crippen molar-refractivity contribution in [3.8, 4) is 11.8 Å². The molecule has 2 aromatic carbocycles. The van der Waals surface area contributed by atoms with Gasteiger partial charge in [-0.15, -0.1) is 0 Å². The van der Waals surface area contributed by atoms with Gasteiger partial charge in [0.1, 0.15) is 30.2 Å². The highest BCUT2D eigenvalue weighted by molar-refractivity contribution is 5.97. The number of likely N-dealkylation sites (N-methyl/N-ethyl adjacent to an activating group) is 3. The largest absolute Gasteiger partial charge is 0.479 e. The Labute approximate surface area is 401 Å². The van der Waals surface area contributed by atoms with Crippen molar-refractivity contribution in [1.82, 2.24) is 29.9 Å². The minimum absolute atomic E-state index is 0.0111. The fourth-order valence-electron chi connectivity index (χ4n) is 7.81. The van der Waals surface area contributed by atoms with Crippen LogP contribution in [0.3, 0.4) is 0 Å². The van der Waals surface area contributed by atoms with Crippen molar-refractivity contribution in [1.29, 1.82) is 5.26 Å². The Kier molecular flexibility index (Phi) is 20.8. The number of ether oxygens (including phenoxy) is 1. The van der Waals surface area contributed by atoms with E-state index in [0.717, 1.165) is 33.4 Å². The van der Waals surface area contributed by atoms with E-state index in [-0.39, 0.29) is 56.3 Å². The van der Waals surface area contributed by atoms with Crippen molar-refractivity contribution in [3.05, 3.63) is 66.4 Å². The maximum atomic E-state index is 15.0. The molecule has 0 aliphatic heterocycles. The molecule has 1 heterocycles. The Bertz CT molecular complexity index is 2310. The number of nitrogens with one attached hydrogen (secondary N) is 2. The molecule has 5 N–H and O–H groups in total. The minimum atomic E-state index is -5.09. The third-order valence-corrected chi connectivity index (χ3v) is 11.8. The summed E-state index contributed by atoms with van der Waals surface area (Å²) in [6.45, 7) is 11.9. The Balaban J connectivity index is 2.13. The lowest BCUT2D eigenvalue weighted by atomic mass is 9.97. The molecule has 0 fully saturated rings. The van der Waals surface area contributed by atoms with E-state index in [9.17, 15) is 51.8 Å². The second-order valence-electron chi connectivity index (χ2n) is 18.6. The summed E-state index contributed by atoms with van der Waals surface area (Å²) in [4.78, 5) is 98.9.